The number of rotatable bonds is 1. The Morgan fingerprint density at radius 1 is 1.60 bits per heavy atom. The third-order valence-electron chi connectivity index (χ3n) is 1.72. The summed E-state index contributed by atoms with van der Waals surface area (Å²) >= 11 is 0. The molecule has 1 aliphatic rings. The first-order valence-electron chi connectivity index (χ1n) is 3.83. The molecule has 0 saturated carbocycles. The normalized spacial score (nSPS) is 12.9. The number of hydrogen-bond acceptors (Lipinski definition) is 4. The van der Waals surface area contributed by atoms with Gasteiger partial charge in [-0.05, 0) is 0 Å². The van der Waals surface area contributed by atoms with Gasteiger partial charge >= 0.3 is 5.97 Å². The summed E-state index contributed by atoms with van der Waals surface area (Å²) in [5.74, 6) is -1.08. The second-order valence-corrected chi connectivity index (χ2v) is 2.71. The molecule has 0 aromatic carbocycles. The standard InChI is InChI=1S/C8H6N2O4.ClH/c11-7-3-14-6-1-4(8(12)13)9-2-5(6)10-7;/h1-2H,3H2,(H,10,11)(H,12,13);1H. The molecule has 0 atom stereocenters. The molecule has 0 unspecified atom stereocenters. The highest BCUT2D eigenvalue weighted by atomic mass is 35.5. The van der Waals surface area contributed by atoms with E-state index in [1.54, 1.807) is 0 Å². The van der Waals surface area contributed by atoms with E-state index in [2.05, 4.69) is 10.3 Å². The zero-order valence-corrected chi connectivity index (χ0v) is 8.21. The van der Waals surface area contributed by atoms with Crippen molar-refractivity contribution in [2.75, 3.05) is 11.9 Å². The van der Waals surface area contributed by atoms with E-state index in [0.29, 0.717) is 11.4 Å². The van der Waals surface area contributed by atoms with Crippen molar-refractivity contribution in [1.29, 1.82) is 0 Å². The highest BCUT2D eigenvalue weighted by Gasteiger charge is 2.18. The maximum atomic E-state index is 10.9. The van der Waals surface area contributed by atoms with Crippen molar-refractivity contribution in [2.24, 2.45) is 0 Å². The summed E-state index contributed by atoms with van der Waals surface area (Å²) in [4.78, 5) is 25.0. The lowest BCUT2D eigenvalue weighted by atomic mass is 10.3. The Morgan fingerprint density at radius 2 is 2.33 bits per heavy atom. The average Bonchev–Trinajstić information content (AvgIpc) is 2.16. The summed E-state index contributed by atoms with van der Waals surface area (Å²) in [6.45, 7) is -0.101. The number of carbonyl (C=O) groups is 2. The Morgan fingerprint density at radius 3 is 3.00 bits per heavy atom. The lowest BCUT2D eigenvalue weighted by Crippen LogP contribution is -2.25. The van der Waals surface area contributed by atoms with E-state index >= 15 is 0 Å². The van der Waals surface area contributed by atoms with Gasteiger partial charge in [-0.2, -0.15) is 0 Å². The Balaban J connectivity index is 0.00000112. The molecule has 2 heterocycles. The zero-order valence-electron chi connectivity index (χ0n) is 7.39. The van der Waals surface area contributed by atoms with Gasteiger partial charge < -0.3 is 15.2 Å². The van der Waals surface area contributed by atoms with Crippen LogP contribution in [0.15, 0.2) is 12.3 Å². The van der Waals surface area contributed by atoms with E-state index in [-0.39, 0.29) is 30.6 Å². The summed E-state index contributed by atoms with van der Waals surface area (Å²) in [5.41, 5.74) is 0.283. The minimum absolute atomic E-state index is 0. The number of fused-ring (bicyclic) bond motifs is 1. The van der Waals surface area contributed by atoms with Crippen molar-refractivity contribution in [2.45, 2.75) is 0 Å². The zero-order chi connectivity index (χ0) is 10.1. The molecule has 2 rings (SSSR count). The number of aromatic carboxylic acids is 1. The van der Waals surface area contributed by atoms with Gasteiger partial charge in [0.1, 0.15) is 11.4 Å². The van der Waals surface area contributed by atoms with E-state index in [0.717, 1.165) is 0 Å². The molecular weight excluding hydrogens is 224 g/mol. The topological polar surface area (TPSA) is 88.5 Å². The monoisotopic (exact) mass is 230 g/mol. The number of hydrogen-bond donors (Lipinski definition) is 2. The second kappa shape index (κ2) is 4.14. The summed E-state index contributed by atoms with van der Waals surface area (Å²) in [6.07, 6.45) is 1.26. The fraction of sp³-hybridized carbons (Fsp3) is 0.125. The fourth-order valence-corrected chi connectivity index (χ4v) is 1.10. The Hall–Kier alpha value is -1.82. The maximum Gasteiger partial charge on any atom is 0.354 e. The molecule has 1 aliphatic heterocycles. The van der Waals surface area contributed by atoms with Gasteiger partial charge in [0.2, 0.25) is 0 Å². The van der Waals surface area contributed by atoms with E-state index in [9.17, 15) is 9.59 Å². The van der Waals surface area contributed by atoms with Crippen molar-refractivity contribution < 1.29 is 19.4 Å². The summed E-state index contributed by atoms with van der Waals surface area (Å²) < 4.78 is 5.01. The predicted molar refractivity (Wildman–Crippen MR) is 52.6 cm³/mol. The first-order valence-corrected chi connectivity index (χ1v) is 3.83. The largest absolute Gasteiger partial charge is 0.481 e. The molecule has 0 bridgehead atoms. The van der Waals surface area contributed by atoms with E-state index in [1.165, 1.54) is 12.3 Å². The van der Waals surface area contributed by atoms with Crippen molar-refractivity contribution in [3.05, 3.63) is 18.0 Å². The number of nitrogens with one attached hydrogen (secondary N) is 1. The van der Waals surface area contributed by atoms with Crippen molar-refractivity contribution >= 4 is 30.0 Å². The first kappa shape index (κ1) is 11.3. The van der Waals surface area contributed by atoms with Gasteiger partial charge in [0.15, 0.2) is 12.3 Å². The number of aromatic nitrogens is 1. The number of carboxylic acids is 1. The molecule has 15 heavy (non-hydrogen) atoms. The van der Waals surface area contributed by atoms with Crippen LogP contribution in [0.3, 0.4) is 0 Å². The lowest BCUT2D eigenvalue weighted by molar-refractivity contribution is -0.118. The third kappa shape index (κ3) is 2.16. The van der Waals surface area contributed by atoms with Crippen LogP contribution in [0.5, 0.6) is 5.75 Å². The SMILES string of the molecule is Cl.O=C1COc2cc(C(=O)O)ncc2N1. The third-order valence-corrected chi connectivity index (χ3v) is 1.72. The van der Waals surface area contributed by atoms with Crippen LogP contribution in [0.2, 0.25) is 0 Å². The summed E-state index contributed by atoms with van der Waals surface area (Å²) in [7, 11) is 0. The van der Waals surface area contributed by atoms with Crippen LogP contribution in [0.1, 0.15) is 10.5 Å². The Kier molecular flexibility index (Phi) is 3.11. The number of amides is 1. The number of carboxylic acid groups (broad SMARTS) is 1. The van der Waals surface area contributed by atoms with Crippen LogP contribution in [-0.4, -0.2) is 28.6 Å². The average molecular weight is 231 g/mol. The number of pyridine rings is 1. The minimum Gasteiger partial charge on any atom is -0.481 e. The van der Waals surface area contributed by atoms with Crippen molar-refractivity contribution in [3.63, 3.8) is 0 Å². The van der Waals surface area contributed by atoms with E-state index < -0.39 is 5.97 Å². The summed E-state index contributed by atoms with van der Waals surface area (Å²) in [6, 6.07) is 1.27. The molecule has 0 aliphatic carbocycles. The van der Waals surface area contributed by atoms with Gasteiger partial charge in [0, 0.05) is 6.07 Å². The first-order chi connectivity index (χ1) is 6.66. The molecule has 7 heteroatoms. The minimum atomic E-state index is -1.13. The molecule has 6 nitrogen and oxygen atoms in total. The number of ether oxygens (including phenoxy) is 1. The van der Waals surface area contributed by atoms with Gasteiger partial charge in [-0.25, -0.2) is 9.78 Å². The molecule has 0 saturated heterocycles. The molecule has 1 aromatic heterocycles. The van der Waals surface area contributed by atoms with Crippen molar-refractivity contribution in [1.82, 2.24) is 4.98 Å². The van der Waals surface area contributed by atoms with Crippen LogP contribution in [0.4, 0.5) is 5.69 Å². The van der Waals surface area contributed by atoms with Crippen molar-refractivity contribution in [3.8, 4) is 5.75 Å². The van der Waals surface area contributed by atoms with Gasteiger partial charge in [0.05, 0.1) is 6.20 Å². The van der Waals surface area contributed by atoms with Crippen LogP contribution in [0.25, 0.3) is 0 Å². The maximum absolute atomic E-state index is 10.9. The highest BCUT2D eigenvalue weighted by molar-refractivity contribution is 5.96. The smallest absolute Gasteiger partial charge is 0.354 e. The number of nitrogens with zero attached hydrogens (tertiary/aromatic N) is 1. The molecule has 80 valence electrons. The second-order valence-electron chi connectivity index (χ2n) is 2.71. The molecule has 0 radical (unpaired) electrons. The molecular formula is C8H7ClN2O4. The fourth-order valence-electron chi connectivity index (χ4n) is 1.10. The summed E-state index contributed by atoms with van der Waals surface area (Å²) in [5, 5.41) is 11.1. The van der Waals surface area contributed by atoms with Crippen LogP contribution in [-0.2, 0) is 4.79 Å². The lowest BCUT2D eigenvalue weighted by Gasteiger charge is -2.17. The molecule has 0 spiro atoms. The molecule has 1 amide bonds. The van der Waals surface area contributed by atoms with Crippen LogP contribution < -0.4 is 10.1 Å². The molecule has 0 fully saturated rings. The van der Waals surface area contributed by atoms with Crippen LogP contribution in [0, 0.1) is 0 Å². The van der Waals surface area contributed by atoms with Gasteiger partial charge in [-0.15, -0.1) is 12.4 Å². The van der Waals surface area contributed by atoms with Gasteiger partial charge in [-0.3, -0.25) is 4.79 Å². The Labute approximate surface area is 90.7 Å². The van der Waals surface area contributed by atoms with Gasteiger partial charge in [-0.1, -0.05) is 0 Å². The number of halogens is 1. The molecule has 1 aromatic rings. The predicted octanol–water partition coefficient (Wildman–Crippen LogP) is 0.532. The quantitative estimate of drug-likeness (QED) is 0.735. The van der Waals surface area contributed by atoms with E-state index in [1.807, 2.05) is 0 Å². The Bertz CT molecular complexity index is 421. The molecule has 2 N–H and O–H groups in total. The van der Waals surface area contributed by atoms with E-state index in [4.69, 9.17) is 9.84 Å². The van der Waals surface area contributed by atoms with Crippen LogP contribution >= 0.6 is 12.4 Å². The highest BCUT2D eigenvalue weighted by Crippen LogP contribution is 2.26. The number of anilines is 1. The number of carbonyl (C=O) groups excluding carboxylic acids is 1. The van der Waals surface area contributed by atoms with Gasteiger partial charge in [0.25, 0.3) is 5.91 Å².